The van der Waals surface area contributed by atoms with E-state index in [4.69, 9.17) is 9.47 Å². The Morgan fingerprint density at radius 1 is 1.06 bits per heavy atom. The topological polar surface area (TPSA) is 88.7 Å². The molecule has 3 N–H and O–H groups in total. The Labute approximate surface area is 193 Å². The molecule has 172 valence electrons. The van der Waals surface area contributed by atoms with Crippen LogP contribution in [0.25, 0.3) is 0 Å². The van der Waals surface area contributed by atoms with Crippen molar-refractivity contribution in [3.63, 3.8) is 0 Å². The summed E-state index contributed by atoms with van der Waals surface area (Å²) in [5.74, 6) is 5.18. The fourth-order valence-electron chi connectivity index (χ4n) is 2.20. The molecule has 1 aromatic carbocycles. The summed E-state index contributed by atoms with van der Waals surface area (Å²) in [6.45, 7) is 8.23. The molecule has 1 rings (SSSR count). The van der Waals surface area contributed by atoms with Gasteiger partial charge in [-0.1, -0.05) is 53.5 Å². The molecule has 31 heavy (non-hydrogen) atoms. The monoisotopic (exact) mass is 467 g/mol. The van der Waals surface area contributed by atoms with Crippen LogP contribution in [0.5, 0.6) is 0 Å². The smallest absolute Gasteiger partial charge is 0.251 e. The first-order valence-electron chi connectivity index (χ1n) is 10.2. The Hall–Kier alpha value is -1.70. The molecule has 0 saturated carbocycles. The molecule has 0 radical (unpaired) electrons. The summed E-state index contributed by atoms with van der Waals surface area (Å²) in [7, 11) is 5.20. The Morgan fingerprint density at radius 2 is 1.81 bits per heavy atom. The predicted octanol–water partition coefficient (Wildman–Crippen LogP) is 2.60. The van der Waals surface area contributed by atoms with Crippen molar-refractivity contribution >= 4 is 33.4 Å². The van der Waals surface area contributed by atoms with Crippen LogP contribution in [-0.4, -0.2) is 63.6 Å². The van der Waals surface area contributed by atoms with Crippen LogP contribution in [0.15, 0.2) is 24.3 Å². The molecular formula is C22H33N3O4S2. The Morgan fingerprint density at radius 3 is 2.45 bits per heavy atom. The van der Waals surface area contributed by atoms with Crippen molar-refractivity contribution in [1.29, 1.82) is 0 Å². The van der Waals surface area contributed by atoms with Crippen LogP contribution >= 0.6 is 21.6 Å². The maximum absolute atomic E-state index is 12.2. The quantitative estimate of drug-likeness (QED) is 0.158. The summed E-state index contributed by atoms with van der Waals surface area (Å²) < 4.78 is 11.4. The molecule has 0 aliphatic rings. The van der Waals surface area contributed by atoms with Gasteiger partial charge in [-0.2, -0.15) is 0 Å². The van der Waals surface area contributed by atoms with E-state index in [1.165, 1.54) is 0 Å². The van der Waals surface area contributed by atoms with Crippen LogP contribution < -0.4 is 16.0 Å². The molecule has 9 heteroatoms. The molecule has 0 heterocycles. The zero-order valence-electron chi connectivity index (χ0n) is 18.7. The van der Waals surface area contributed by atoms with Crippen LogP contribution in [0.4, 0.5) is 0 Å². The zero-order chi connectivity index (χ0) is 22.9. The van der Waals surface area contributed by atoms with E-state index in [-0.39, 0.29) is 23.9 Å². The summed E-state index contributed by atoms with van der Waals surface area (Å²) in [6.07, 6.45) is 0. The number of benzene rings is 1. The standard InChI is InChI=1S/C22H33N3O4S2/c1-5-6-11-24-20(26)16-28-14-15-29-22(31-30-17(2)3)19-9-7-18(8-10-19)21(27)25-13-12-23-4/h7-10,17,22-23H,11-16H2,1-4H3,(H,24,26)(H,25,27). The van der Waals surface area contributed by atoms with Gasteiger partial charge < -0.3 is 25.4 Å². The van der Waals surface area contributed by atoms with E-state index in [1.807, 2.05) is 19.2 Å². The summed E-state index contributed by atoms with van der Waals surface area (Å²) in [5.41, 5.74) is 1.38. The highest BCUT2D eigenvalue weighted by molar-refractivity contribution is 8.76. The van der Waals surface area contributed by atoms with Crippen LogP contribution in [0.3, 0.4) is 0 Å². The first-order valence-corrected chi connectivity index (χ1v) is 12.5. The summed E-state index contributed by atoms with van der Waals surface area (Å²) in [4.78, 5) is 23.8. The molecule has 0 aromatic heterocycles. The van der Waals surface area contributed by atoms with Gasteiger partial charge >= 0.3 is 0 Å². The lowest BCUT2D eigenvalue weighted by Gasteiger charge is -2.19. The average molecular weight is 468 g/mol. The minimum atomic E-state index is -0.203. The molecular weight excluding hydrogens is 434 g/mol. The average Bonchev–Trinajstić information content (AvgIpc) is 2.76. The van der Waals surface area contributed by atoms with Crippen molar-refractivity contribution in [3.8, 4) is 11.8 Å². The van der Waals surface area contributed by atoms with Crippen LogP contribution in [-0.2, 0) is 14.3 Å². The number of carbonyl (C=O) groups excluding carboxylic acids is 2. The predicted molar refractivity (Wildman–Crippen MR) is 129 cm³/mol. The Balaban J connectivity index is 2.53. The van der Waals surface area contributed by atoms with Gasteiger partial charge in [0.15, 0.2) is 0 Å². The second-order valence-corrected chi connectivity index (χ2v) is 9.59. The minimum absolute atomic E-state index is 0.0231. The van der Waals surface area contributed by atoms with Crippen LogP contribution in [0, 0.1) is 11.8 Å². The van der Waals surface area contributed by atoms with Gasteiger partial charge in [0.1, 0.15) is 12.0 Å². The van der Waals surface area contributed by atoms with Crippen molar-refractivity contribution in [2.24, 2.45) is 0 Å². The number of likely N-dealkylation sites (N-methyl/N-ethyl adjacent to an activating group) is 1. The van der Waals surface area contributed by atoms with Gasteiger partial charge in [0.25, 0.3) is 5.91 Å². The number of amides is 2. The van der Waals surface area contributed by atoms with Crippen molar-refractivity contribution in [2.45, 2.75) is 31.5 Å². The lowest BCUT2D eigenvalue weighted by atomic mass is 10.1. The maximum Gasteiger partial charge on any atom is 0.251 e. The van der Waals surface area contributed by atoms with Crippen molar-refractivity contribution < 1.29 is 19.1 Å². The molecule has 0 saturated heterocycles. The highest BCUT2D eigenvalue weighted by Gasteiger charge is 2.15. The van der Waals surface area contributed by atoms with E-state index in [0.717, 1.165) is 12.1 Å². The number of rotatable bonds is 15. The summed E-state index contributed by atoms with van der Waals surface area (Å²) >= 11 is 0. The second kappa shape index (κ2) is 16.9. The highest BCUT2D eigenvalue weighted by Crippen LogP contribution is 2.41. The third kappa shape index (κ3) is 12.7. The second-order valence-electron chi connectivity index (χ2n) is 6.68. The van der Waals surface area contributed by atoms with Gasteiger partial charge in [-0.15, -0.1) is 5.92 Å². The van der Waals surface area contributed by atoms with Gasteiger partial charge in [0.05, 0.1) is 19.8 Å². The van der Waals surface area contributed by atoms with Gasteiger partial charge in [-0.3, -0.25) is 9.59 Å². The Bertz CT molecular complexity index is 718. The normalized spacial score (nSPS) is 11.5. The van der Waals surface area contributed by atoms with Gasteiger partial charge in [-0.05, 0) is 31.7 Å². The summed E-state index contributed by atoms with van der Waals surface area (Å²) in [5, 5.41) is 8.95. The van der Waals surface area contributed by atoms with E-state index in [0.29, 0.717) is 37.1 Å². The fraction of sp³-hybridized carbons (Fsp3) is 0.545. The fourth-order valence-corrected chi connectivity index (χ4v) is 4.41. The molecule has 0 spiro atoms. The molecule has 0 aliphatic carbocycles. The largest absolute Gasteiger partial charge is 0.369 e. The van der Waals surface area contributed by atoms with E-state index >= 15 is 0 Å². The maximum atomic E-state index is 12.2. The van der Waals surface area contributed by atoms with E-state index in [1.54, 1.807) is 40.6 Å². The van der Waals surface area contributed by atoms with Gasteiger partial charge in [-0.25, -0.2) is 0 Å². The SMILES string of the molecule is CC#CCNC(=O)COCCOC(SSC(C)C)c1ccc(C(=O)NCCNC)cc1. The molecule has 1 unspecified atom stereocenters. The molecule has 7 nitrogen and oxygen atoms in total. The lowest BCUT2D eigenvalue weighted by molar-refractivity contribution is -0.126. The molecule has 0 aliphatic heterocycles. The van der Waals surface area contributed by atoms with Crippen molar-refractivity contribution in [1.82, 2.24) is 16.0 Å². The van der Waals surface area contributed by atoms with Crippen molar-refractivity contribution in [2.75, 3.05) is 46.5 Å². The van der Waals surface area contributed by atoms with E-state index in [9.17, 15) is 9.59 Å². The summed E-state index contributed by atoms with van der Waals surface area (Å²) in [6, 6.07) is 7.44. The number of hydrogen-bond acceptors (Lipinski definition) is 7. The van der Waals surface area contributed by atoms with E-state index in [2.05, 4.69) is 41.6 Å². The lowest BCUT2D eigenvalue weighted by Crippen LogP contribution is -2.30. The van der Waals surface area contributed by atoms with Gasteiger partial charge in [0.2, 0.25) is 5.91 Å². The number of hydrogen-bond donors (Lipinski definition) is 3. The number of nitrogens with one attached hydrogen (secondary N) is 3. The zero-order valence-corrected chi connectivity index (χ0v) is 20.3. The third-order valence-electron chi connectivity index (χ3n) is 3.72. The molecule has 0 bridgehead atoms. The van der Waals surface area contributed by atoms with Gasteiger partial charge in [0, 0.05) is 23.9 Å². The molecule has 1 atom stereocenters. The van der Waals surface area contributed by atoms with Crippen LogP contribution in [0.2, 0.25) is 0 Å². The molecule has 2 amide bonds. The third-order valence-corrected chi connectivity index (χ3v) is 6.81. The molecule has 0 fully saturated rings. The number of carbonyl (C=O) groups is 2. The van der Waals surface area contributed by atoms with Crippen molar-refractivity contribution in [3.05, 3.63) is 35.4 Å². The first-order chi connectivity index (χ1) is 15.0. The molecule has 1 aromatic rings. The number of ether oxygens (including phenoxy) is 2. The highest BCUT2D eigenvalue weighted by atomic mass is 33.1. The van der Waals surface area contributed by atoms with E-state index < -0.39 is 0 Å². The Kier molecular flexibility index (Phi) is 14.9. The first kappa shape index (κ1) is 27.3. The minimum Gasteiger partial charge on any atom is -0.369 e. The van der Waals surface area contributed by atoms with Crippen LogP contribution in [0.1, 0.15) is 42.1 Å².